The number of morpholine rings is 1. The predicted octanol–water partition coefficient (Wildman–Crippen LogP) is 1.26. The van der Waals surface area contributed by atoms with Gasteiger partial charge in [-0.1, -0.05) is 11.6 Å². The van der Waals surface area contributed by atoms with Gasteiger partial charge in [-0.05, 0) is 30.7 Å². The van der Waals surface area contributed by atoms with Crippen LogP contribution >= 0.6 is 11.6 Å². The van der Waals surface area contributed by atoms with Crippen molar-refractivity contribution in [2.24, 2.45) is 0 Å². The van der Waals surface area contributed by atoms with E-state index < -0.39 is 10.0 Å². The third kappa shape index (κ3) is 4.17. The summed E-state index contributed by atoms with van der Waals surface area (Å²) in [6.45, 7) is 5.99. The van der Waals surface area contributed by atoms with Gasteiger partial charge in [-0.3, -0.25) is 4.90 Å². The van der Waals surface area contributed by atoms with Gasteiger partial charge in [0.1, 0.15) is 0 Å². The molecule has 1 fully saturated rings. The number of benzene rings is 1. The molecule has 0 spiro atoms. The zero-order chi connectivity index (χ0) is 14.6. The molecule has 0 atom stereocenters. The van der Waals surface area contributed by atoms with Crippen molar-refractivity contribution in [2.45, 2.75) is 11.8 Å². The van der Waals surface area contributed by atoms with E-state index in [0.717, 1.165) is 18.7 Å². The lowest BCUT2D eigenvalue weighted by Gasteiger charge is -2.26. The molecule has 112 valence electrons. The quantitative estimate of drug-likeness (QED) is 0.888. The van der Waals surface area contributed by atoms with Crippen molar-refractivity contribution >= 4 is 21.6 Å². The molecule has 0 unspecified atom stereocenters. The Balaban J connectivity index is 1.91. The highest BCUT2D eigenvalue weighted by Crippen LogP contribution is 2.19. The predicted molar refractivity (Wildman–Crippen MR) is 78.6 cm³/mol. The van der Waals surface area contributed by atoms with Gasteiger partial charge in [0.25, 0.3) is 0 Å². The molecule has 1 aliphatic rings. The van der Waals surface area contributed by atoms with Crippen LogP contribution in [0.4, 0.5) is 0 Å². The summed E-state index contributed by atoms with van der Waals surface area (Å²) in [6.07, 6.45) is 0. The number of nitrogens with one attached hydrogen (secondary N) is 1. The van der Waals surface area contributed by atoms with E-state index in [1.54, 1.807) is 19.1 Å². The summed E-state index contributed by atoms with van der Waals surface area (Å²) in [4.78, 5) is 2.43. The number of hydrogen-bond donors (Lipinski definition) is 1. The Morgan fingerprint density at radius 1 is 1.35 bits per heavy atom. The maximum atomic E-state index is 12.1. The Labute approximate surface area is 124 Å². The van der Waals surface area contributed by atoms with Crippen LogP contribution in [0.2, 0.25) is 5.02 Å². The Morgan fingerprint density at radius 2 is 2.05 bits per heavy atom. The van der Waals surface area contributed by atoms with Gasteiger partial charge in [-0.2, -0.15) is 0 Å². The number of sulfonamides is 1. The van der Waals surface area contributed by atoms with Crippen molar-refractivity contribution in [1.82, 2.24) is 9.62 Å². The van der Waals surface area contributed by atoms with Crippen molar-refractivity contribution < 1.29 is 13.2 Å². The van der Waals surface area contributed by atoms with Gasteiger partial charge in [0, 0.05) is 31.2 Å². The molecule has 1 heterocycles. The van der Waals surface area contributed by atoms with Gasteiger partial charge in [-0.25, -0.2) is 13.1 Å². The molecule has 0 amide bonds. The van der Waals surface area contributed by atoms with Gasteiger partial charge in [0.15, 0.2) is 0 Å². The fourth-order valence-electron chi connectivity index (χ4n) is 2.03. The molecule has 1 saturated heterocycles. The fraction of sp³-hybridized carbons (Fsp3) is 0.538. The molecule has 0 saturated carbocycles. The lowest BCUT2D eigenvalue weighted by Crippen LogP contribution is -2.41. The fourth-order valence-corrected chi connectivity index (χ4v) is 3.25. The lowest BCUT2D eigenvalue weighted by molar-refractivity contribution is 0.0390. The second-order valence-corrected chi connectivity index (χ2v) is 6.94. The standard InChI is InChI=1S/C13H19ClN2O3S/c1-11-10-12(2-3-13(11)14)20(17,18)15-4-5-16-6-8-19-9-7-16/h2-3,10,15H,4-9H2,1H3. The summed E-state index contributed by atoms with van der Waals surface area (Å²) in [5, 5.41) is 0.567. The van der Waals surface area contributed by atoms with E-state index in [1.807, 2.05) is 0 Å². The summed E-state index contributed by atoms with van der Waals surface area (Å²) in [5.74, 6) is 0. The lowest BCUT2D eigenvalue weighted by atomic mass is 10.2. The summed E-state index contributed by atoms with van der Waals surface area (Å²) >= 11 is 5.90. The Morgan fingerprint density at radius 3 is 2.70 bits per heavy atom. The number of halogens is 1. The first kappa shape index (κ1) is 15.7. The minimum absolute atomic E-state index is 0.251. The molecule has 1 aromatic rings. The molecule has 5 nitrogen and oxygen atoms in total. The van der Waals surface area contributed by atoms with E-state index in [4.69, 9.17) is 16.3 Å². The molecule has 1 aliphatic heterocycles. The zero-order valence-corrected chi connectivity index (χ0v) is 13.0. The molecular weight excluding hydrogens is 300 g/mol. The zero-order valence-electron chi connectivity index (χ0n) is 11.4. The molecular formula is C13H19ClN2O3S. The van der Waals surface area contributed by atoms with Crippen LogP contribution in [0.5, 0.6) is 0 Å². The first-order valence-electron chi connectivity index (χ1n) is 6.55. The molecule has 7 heteroatoms. The van der Waals surface area contributed by atoms with Crippen molar-refractivity contribution in [3.8, 4) is 0 Å². The highest BCUT2D eigenvalue weighted by Gasteiger charge is 2.16. The third-order valence-electron chi connectivity index (χ3n) is 3.26. The number of hydrogen-bond acceptors (Lipinski definition) is 4. The van der Waals surface area contributed by atoms with Gasteiger partial charge in [0.05, 0.1) is 18.1 Å². The van der Waals surface area contributed by atoms with Crippen LogP contribution in [-0.4, -0.2) is 52.7 Å². The highest BCUT2D eigenvalue weighted by molar-refractivity contribution is 7.89. The van der Waals surface area contributed by atoms with Crippen LogP contribution in [0, 0.1) is 6.92 Å². The average Bonchev–Trinajstić information content (AvgIpc) is 2.43. The second kappa shape index (κ2) is 6.87. The second-order valence-electron chi connectivity index (χ2n) is 4.76. The molecule has 1 N–H and O–H groups in total. The largest absolute Gasteiger partial charge is 0.379 e. The molecule has 0 aliphatic carbocycles. The van der Waals surface area contributed by atoms with Crippen LogP contribution in [0.25, 0.3) is 0 Å². The summed E-state index contributed by atoms with van der Waals surface area (Å²) < 4.78 is 32.1. The van der Waals surface area contributed by atoms with Crippen molar-refractivity contribution in [1.29, 1.82) is 0 Å². The van der Waals surface area contributed by atoms with Crippen molar-refractivity contribution in [2.75, 3.05) is 39.4 Å². The first-order chi connectivity index (χ1) is 9.49. The molecule has 0 aromatic heterocycles. The maximum absolute atomic E-state index is 12.1. The first-order valence-corrected chi connectivity index (χ1v) is 8.41. The van der Waals surface area contributed by atoms with Crippen LogP contribution in [0.3, 0.4) is 0 Å². The Bertz CT molecular complexity index is 557. The summed E-state index contributed by atoms with van der Waals surface area (Å²) in [6, 6.07) is 4.71. The Hall–Kier alpha value is -0.660. The van der Waals surface area contributed by atoms with E-state index in [-0.39, 0.29) is 4.90 Å². The number of aryl methyl sites for hydroxylation is 1. The van der Waals surface area contributed by atoms with E-state index in [9.17, 15) is 8.42 Å². The smallest absolute Gasteiger partial charge is 0.240 e. The van der Waals surface area contributed by atoms with Gasteiger partial charge >= 0.3 is 0 Å². The van der Waals surface area contributed by atoms with Crippen LogP contribution in [-0.2, 0) is 14.8 Å². The number of nitrogens with zero attached hydrogens (tertiary/aromatic N) is 1. The Kier molecular flexibility index (Phi) is 5.40. The summed E-state index contributed by atoms with van der Waals surface area (Å²) in [7, 11) is -3.47. The highest BCUT2D eigenvalue weighted by atomic mass is 35.5. The molecule has 2 rings (SSSR count). The minimum Gasteiger partial charge on any atom is -0.379 e. The maximum Gasteiger partial charge on any atom is 0.240 e. The minimum atomic E-state index is -3.47. The average molecular weight is 319 g/mol. The van der Waals surface area contributed by atoms with Crippen LogP contribution in [0.1, 0.15) is 5.56 Å². The third-order valence-corrected chi connectivity index (χ3v) is 5.15. The molecule has 0 radical (unpaired) electrons. The van der Waals surface area contributed by atoms with E-state index in [0.29, 0.717) is 31.3 Å². The van der Waals surface area contributed by atoms with E-state index in [2.05, 4.69) is 9.62 Å². The van der Waals surface area contributed by atoms with Gasteiger partial charge < -0.3 is 4.74 Å². The topological polar surface area (TPSA) is 58.6 Å². The van der Waals surface area contributed by atoms with Crippen LogP contribution < -0.4 is 4.72 Å². The molecule has 20 heavy (non-hydrogen) atoms. The monoisotopic (exact) mass is 318 g/mol. The molecule has 1 aromatic carbocycles. The van der Waals surface area contributed by atoms with Gasteiger partial charge in [0.2, 0.25) is 10.0 Å². The SMILES string of the molecule is Cc1cc(S(=O)(=O)NCCN2CCOCC2)ccc1Cl. The van der Waals surface area contributed by atoms with E-state index in [1.165, 1.54) is 6.07 Å². The number of rotatable bonds is 5. The molecule has 0 bridgehead atoms. The van der Waals surface area contributed by atoms with Gasteiger partial charge in [-0.15, -0.1) is 0 Å². The number of ether oxygens (including phenoxy) is 1. The summed E-state index contributed by atoms with van der Waals surface area (Å²) in [5.41, 5.74) is 0.753. The van der Waals surface area contributed by atoms with E-state index >= 15 is 0 Å². The van der Waals surface area contributed by atoms with Crippen LogP contribution in [0.15, 0.2) is 23.1 Å². The van der Waals surface area contributed by atoms with Crippen molar-refractivity contribution in [3.63, 3.8) is 0 Å². The normalized spacial score (nSPS) is 17.3. The van der Waals surface area contributed by atoms with Crippen molar-refractivity contribution in [3.05, 3.63) is 28.8 Å².